The van der Waals surface area contributed by atoms with Gasteiger partial charge in [0.1, 0.15) is 13.2 Å². The Morgan fingerprint density at radius 3 is 2.58 bits per heavy atom. The van der Waals surface area contributed by atoms with Crippen molar-refractivity contribution in [1.29, 1.82) is 0 Å². The summed E-state index contributed by atoms with van der Waals surface area (Å²) in [6.45, 7) is 2.44. The monoisotopic (exact) mass is 414 g/mol. The van der Waals surface area contributed by atoms with Crippen LogP contribution in [0.4, 0.5) is 5.69 Å². The third kappa shape index (κ3) is 4.28. The maximum absolute atomic E-state index is 13.0. The second kappa shape index (κ2) is 8.82. The molecule has 0 bridgehead atoms. The summed E-state index contributed by atoms with van der Waals surface area (Å²) in [7, 11) is 0. The molecular weight excluding hydrogens is 388 g/mol. The minimum atomic E-state index is 0.00724. The number of hydrogen-bond donors (Lipinski definition) is 1. The quantitative estimate of drug-likeness (QED) is 0.645. The molecule has 5 heteroatoms. The van der Waals surface area contributed by atoms with E-state index in [9.17, 15) is 4.79 Å². The number of amides is 1. The molecule has 3 aromatic carbocycles. The van der Waals surface area contributed by atoms with Crippen molar-refractivity contribution in [3.05, 3.63) is 78.4 Å². The van der Waals surface area contributed by atoms with Gasteiger partial charge >= 0.3 is 0 Å². The van der Waals surface area contributed by atoms with E-state index in [1.165, 1.54) is 5.56 Å². The molecule has 1 saturated heterocycles. The Morgan fingerprint density at radius 1 is 0.935 bits per heavy atom. The Balaban J connectivity index is 1.30. The Labute approximate surface area is 182 Å². The molecular formula is C26H26N2O3. The number of anilines is 1. The van der Waals surface area contributed by atoms with Gasteiger partial charge in [0.05, 0.1) is 6.54 Å². The van der Waals surface area contributed by atoms with Crippen LogP contribution in [0.3, 0.4) is 0 Å². The summed E-state index contributed by atoms with van der Waals surface area (Å²) in [6.07, 6.45) is 2.11. The van der Waals surface area contributed by atoms with Crippen molar-refractivity contribution in [3.8, 4) is 22.6 Å². The van der Waals surface area contributed by atoms with Gasteiger partial charge in [0.25, 0.3) is 0 Å². The maximum atomic E-state index is 13.0. The zero-order chi connectivity index (χ0) is 21.0. The number of hydrogen-bond acceptors (Lipinski definition) is 4. The summed E-state index contributed by atoms with van der Waals surface area (Å²) in [6, 6.07) is 24.4. The third-order valence-corrected chi connectivity index (χ3v) is 5.95. The molecule has 1 atom stereocenters. The van der Waals surface area contributed by atoms with Crippen LogP contribution in [0.1, 0.15) is 24.4 Å². The number of rotatable bonds is 5. The van der Waals surface area contributed by atoms with Crippen LogP contribution in [0.15, 0.2) is 72.8 Å². The third-order valence-electron chi connectivity index (χ3n) is 5.95. The predicted molar refractivity (Wildman–Crippen MR) is 121 cm³/mol. The maximum Gasteiger partial charge on any atom is 0.238 e. The first-order chi connectivity index (χ1) is 15.3. The van der Waals surface area contributed by atoms with E-state index in [1.807, 2.05) is 48.5 Å². The molecule has 5 rings (SSSR count). The smallest absolute Gasteiger partial charge is 0.238 e. The molecule has 0 aliphatic carbocycles. The zero-order valence-electron chi connectivity index (χ0n) is 17.4. The summed E-state index contributed by atoms with van der Waals surface area (Å²) in [4.78, 5) is 15.2. The highest BCUT2D eigenvalue weighted by Crippen LogP contribution is 2.38. The van der Waals surface area contributed by atoms with Gasteiger partial charge in [-0.15, -0.1) is 0 Å². The van der Waals surface area contributed by atoms with Gasteiger partial charge in [-0.05, 0) is 48.7 Å². The van der Waals surface area contributed by atoms with Gasteiger partial charge in [-0.25, -0.2) is 0 Å². The summed E-state index contributed by atoms with van der Waals surface area (Å²) < 4.78 is 11.4. The fourth-order valence-electron chi connectivity index (χ4n) is 4.50. The van der Waals surface area contributed by atoms with Crippen LogP contribution in [-0.2, 0) is 4.79 Å². The van der Waals surface area contributed by atoms with Gasteiger partial charge in [-0.3, -0.25) is 9.69 Å². The molecule has 1 N–H and O–H groups in total. The van der Waals surface area contributed by atoms with Gasteiger partial charge < -0.3 is 14.8 Å². The highest BCUT2D eigenvalue weighted by Gasteiger charge is 2.29. The standard InChI is InChI=1S/C26H26N2O3/c29-26(27-22-10-5-4-9-21(22)19-7-2-1-3-8-19)18-28-14-6-11-23(28)20-12-13-24-25(17-20)31-16-15-30-24/h1-5,7-10,12-13,17,23H,6,11,14-16,18H2,(H,27,29). The molecule has 3 aromatic rings. The van der Waals surface area contributed by atoms with Gasteiger partial charge in [0, 0.05) is 17.3 Å². The van der Waals surface area contributed by atoms with Crippen molar-refractivity contribution in [2.75, 3.05) is 31.6 Å². The first-order valence-electron chi connectivity index (χ1n) is 10.9. The van der Waals surface area contributed by atoms with Crippen LogP contribution in [0.2, 0.25) is 0 Å². The normalized spacial score (nSPS) is 18.0. The molecule has 158 valence electrons. The molecule has 0 aromatic heterocycles. The molecule has 0 radical (unpaired) electrons. The Hall–Kier alpha value is -3.31. The van der Waals surface area contributed by atoms with Crippen LogP contribution in [-0.4, -0.2) is 37.1 Å². The lowest BCUT2D eigenvalue weighted by molar-refractivity contribution is -0.117. The Bertz CT molecular complexity index is 1070. The van der Waals surface area contributed by atoms with E-state index in [4.69, 9.17) is 9.47 Å². The molecule has 1 unspecified atom stereocenters. The number of likely N-dealkylation sites (tertiary alicyclic amines) is 1. The topological polar surface area (TPSA) is 50.8 Å². The fraction of sp³-hybridized carbons (Fsp3) is 0.269. The number of fused-ring (bicyclic) bond motifs is 1. The highest BCUT2D eigenvalue weighted by molar-refractivity contribution is 5.96. The number of ether oxygens (including phenoxy) is 2. The minimum absolute atomic E-state index is 0.00724. The molecule has 1 amide bonds. The molecule has 2 heterocycles. The van der Waals surface area contributed by atoms with Gasteiger partial charge in [-0.2, -0.15) is 0 Å². The molecule has 2 aliphatic rings. The van der Waals surface area contributed by atoms with Crippen molar-refractivity contribution in [2.45, 2.75) is 18.9 Å². The Morgan fingerprint density at radius 2 is 1.71 bits per heavy atom. The number of nitrogens with one attached hydrogen (secondary N) is 1. The van der Waals surface area contributed by atoms with Crippen LogP contribution in [0.25, 0.3) is 11.1 Å². The van der Waals surface area contributed by atoms with Crippen LogP contribution in [0, 0.1) is 0 Å². The average molecular weight is 415 g/mol. The van der Waals surface area contributed by atoms with Crippen LogP contribution in [0.5, 0.6) is 11.5 Å². The summed E-state index contributed by atoms with van der Waals surface area (Å²) in [5.74, 6) is 1.61. The molecule has 0 saturated carbocycles. The Kier molecular flexibility index (Phi) is 5.59. The van der Waals surface area contributed by atoms with Crippen molar-refractivity contribution in [3.63, 3.8) is 0 Å². The number of carbonyl (C=O) groups is 1. The SMILES string of the molecule is O=C(CN1CCCC1c1ccc2c(c1)OCCO2)Nc1ccccc1-c1ccccc1. The average Bonchev–Trinajstić information content (AvgIpc) is 3.27. The van der Waals surface area contributed by atoms with E-state index >= 15 is 0 Å². The molecule has 1 fully saturated rings. The number of nitrogens with zero attached hydrogens (tertiary/aromatic N) is 1. The van der Waals surface area contributed by atoms with Crippen molar-refractivity contribution in [2.24, 2.45) is 0 Å². The molecule has 0 spiro atoms. The van der Waals surface area contributed by atoms with Crippen molar-refractivity contribution < 1.29 is 14.3 Å². The van der Waals surface area contributed by atoms with Gasteiger partial charge in [-0.1, -0.05) is 54.6 Å². The zero-order valence-corrected chi connectivity index (χ0v) is 17.4. The number of carbonyl (C=O) groups excluding carboxylic acids is 1. The highest BCUT2D eigenvalue weighted by atomic mass is 16.6. The summed E-state index contributed by atoms with van der Waals surface area (Å²) >= 11 is 0. The van der Waals surface area contributed by atoms with Crippen LogP contribution >= 0.6 is 0 Å². The first kappa shape index (κ1) is 19.6. The molecule has 5 nitrogen and oxygen atoms in total. The second-order valence-corrected chi connectivity index (χ2v) is 7.99. The molecule has 31 heavy (non-hydrogen) atoms. The second-order valence-electron chi connectivity index (χ2n) is 7.99. The van der Waals surface area contributed by atoms with E-state index in [0.29, 0.717) is 19.8 Å². The lowest BCUT2D eigenvalue weighted by Crippen LogP contribution is -2.33. The van der Waals surface area contributed by atoms with E-state index in [0.717, 1.165) is 47.7 Å². The summed E-state index contributed by atoms with van der Waals surface area (Å²) in [5, 5.41) is 3.13. The summed E-state index contributed by atoms with van der Waals surface area (Å²) in [5.41, 5.74) is 4.14. The van der Waals surface area contributed by atoms with E-state index in [1.54, 1.807) is 0 Å². The van der Waals surface area contributed by atoms with Crippen molar-refractivity contribution in [1.82, 2.24) is 4.90 Å². The fourth-order valence-corrected chi connectivity index (χ4v) is 4.50. The van der Waals surface area contributed by atoms with Crippen molar-refractivity contribution >= 4 is 11.6 Å². The minimum Gasteiger partial charge on any atom is -0.486 e. The predicted octanol–water partition coefficient (Wildman–Crippen LogP) is 4.90. The lowest BCUT2D eigenvalue weighted by atomic mass is 10.0. The van der Waals surface area contributed by atoms with E-state index in [-0.39, 0.29) is 11.9 Å². The van der Waals surface area contributed by atoms with Gasteiger partial charge in [0.15, 0.2) is 11.5 Å². The van der Waals surface area contributed by atoms with E-state index in [2.05, 4.69) is 34.5 Å². The number of benzene rings is 3. The van der Waals surface area contributed by atoms with Gasteiger partial charge in [0.2, 0.25) is 5.91 Å². The van der Waals surface area contributed by atoms with E-state index < -0.39 is 0 Å². The lowest BCUT2D eigenvalue weighted by Gasteiger charge is -2.26. The largest absolute Gasteiger partial charge is 0.486 e. The first-order valence-corrected chi connectivity index (χ1v) is 10.9. The number of para-hydroxylation sites is 1. The molecule has 2 aliphatic heterocycles. The van der Waals surface area contributed by atoms with Crippen LogP contribution < -0.4 is 14.8 Å².